The topological polar surface area (TPSA) is 41.4 Å². The van der Waals surface area contributed by atoms with Gasteiger partial charge in [-0.2, -0.15) is 11.8 Å². The number of likely N-dealkylation sites (tertiary alicyclic amines) is 1. The summed E-state index contributed by atoms with van der Waals surface area (Å²) in [7, 11) is 0. The lowest BCUT2D eigenvalue weighted by atomic mass is 9.94. The molecule has 4 rings (SSSR count). The molecular weight excluding hydrogens is 346 g/mol. The maximum absolute atomic E-state index is 12.9. The third kappa shape index (κ3) is 3.43. The predicted molar refractivity (Wildman–Crippen MR) is 92.6 cm³/mol. The van der Waals surface area contributed by atoms with Gasteiger partial charge < -0.3 is 9.47 Å². The number of imidazole rings is 1. The summed E-state index contributed by atoms with van der Waals surface area (Å²) in [6.07, 6.45) is 2.03. The van der Waals surface area contributed by atoms with Crippen molar-refractivity contribution in [1.82, 2.24) is 19.4 Å². The van der Waals surface area contributed by atoms with Crippen LogP contribution < -0.4 is 0 Å². The lowest BCUT2D eigenvalue weighted by Gasteiger charge is -2.38. The molecule has 0 radical (unpaired) electrons. The number of hydrogen-bond donors (Lipinski definition) is 0. The molecule has 5 nitrogen and oxygen atoms in total. The Morgan fingerprint density at radius 3 is 2.68 bits per heavy atom. The molecule has 0 spiro atoms. The van der Waals surface area contributed by atoms with E-state index in [2.05, 4.69) is 9.88 Å². The highest BCUT2D eigenvalue weighted by Crippen LogP contribution is 2.29. The number of piperidine rings is 1. The molecule has 2 fully saturated rings. The maximum Gasteiger partial charge on any atom is 0.295 e. The molecule has 1 amide bonds. The van der Waals surface area contributed by atoms with Crippen LogP contribution in [0.25, 0.3) is 0 Å². The number of halogens is 2. The van der Waals surface area contributed by atoms with E-state index in [1.165, 1.54) is 24.1 Å². The molecule has 3 aliphatic rings. The van der Waals surface area contributed by atoms with Gasteiger partial charge in [-0.1, -0.05) is 0 Å². The van der Waals surface area contributed by atoms with Gasteiger partial charge in [-0.3, -0.25) is 9.69 Å². The molecule has 0 N–H and O–H groups in total. The van der Waals surface area contributed by atoms with Crippen molar-refractivity contribution < 1.29 is 13.6 Å². The average molecular weight is 370 g/mol. The van der Waals surface area contributed by atoms with Gasteiger partial charge in [0.15, 0.2) is 5.82 Å². The standard InChI is InChI=1S/C17H24F2N4OS/c18-15(19)16-20-9-14-10-22(6-7-23(14)16)17(24)12-1-4-21(5-2-12)13-3-8-25-11-13/h9,12-13,15H,1-8,10-11H2. The average Bonchev–Trinajstić information content (AvgIpc) is 3.30. The third-order valence-corrected chi connectivity index (χ3v) is 6.87. The van der Waals surface area contributed by atoms with Gasteiger partial charge in [0.1, 0.15) is 0 Å². The zero-order valence-corrected chi connectivity index (χ0v) is 15.1. The van der Waals surface area contributed by atoms with Gasteiger partial charge in [0.25, 0.3) is 6.43 Å². The minimum Gasteiger partial charge on any atom is -0.335 e. The zero-order valence-electron chi connectivity index (χ0n) is 14.2. The molecule has 1 aromatic heterocycles. The Kier molecular flexibility index (Phi) is 4.99. The van der Waals surface area contributed by atoms with Gasteiger partial charge in [0.2, 0.25) is 5.91 Å². The van der Waals surface area contributed by atoms with Crippen LogP contribution in [0.5, 0.6) is 0 Å². The number of hydrogen-bond acceptors (Lipinski definition) is 4. The fourth-order valence-corrected chi connectivity index (χ4v) is 5.50. The number of nitrogens with zero attached hydrogens (tertiary/aromatic N) is 4. The van der Waals surface area contributed by atoms with Crippen LogP contribution in [0.4, 0.5) is 8.78 Å². The van der Waals surface area contributed by atoms with E-state index >= 15 is 0 Å². The van der Waals surface area contributed by atoms with Gasteiger partial charge >= 0.3 is 0 Å². The number of carbonyl (C=O) groups excluding carboxylic acids is 1. The van der Waals surface area contributed by atoms with Gasteiger partial charge in [-0.15, -0.1) is 0 Å². The molecule has 3 aliphatic heterocycles. The summed E-state index contributed by atoms with van der Waals surface area (Å²) >= 11 is 2.02. The van der Waals surface area contributed by atoms with Crippen molar-refractivity contribution in [3.8, 4) is 0 Å². The summed E-state index contributed by atoms with van der Waals surface area (Å²) < 4.78 is 27.4. The third-order valence-electron chi connectivity index (χ3n) is 5.72. The Labute approximate surface area is 150 Å². The van der Waals surface area contributed by atoms with Crippen molar-refractivity contribution in [2.45, 2.75) is 44.8 Å². The van der Waals surface area contributed by atoms with E-state index in [-0.39, 0.29) is 17.6 Å². The second kappa shape index (κ2) is 7.23. The molecule has 2 saturated heterocycles. The Balaban J connectivity index is 1.34. The van der Waals surface area contributed by atoms with E-state index < -0.39 is 6.43 Å². The molecule has 8 heteroatoms. The first-order valence-corrected chi connectivity index (χ1v) is 10.2. The summed E-state index contributed by atoms with van der Waals surface area (Å²) in [5, 5.41) is 0. The SMILES string of the molecule is O=C(C1CCN(C2CCSC2)CC1)N1CCn2c(cnc2C(F)F)C1. The van der Waals surface area contributed by atoms with E-state index in [0.29, 0.717) is 25.7 Å². The Morgan fingerprint density at radius 2 is 2.00 bits per heavy atom. The number of alkyl halides is 2. The van der Waals surface area contributed by atoms with Crippen molar-refractivity contribution in [3.05, 3.63) is 17.7 Å². The van der Waals surface area contributed by atoms with Crippen LogP contribution >= 0.6 is 11.8 Å². The number of carbonyl (C=O) groups is 1. The van der Waals surface area contributed by atoms with Crippen molar-refractivity contribution in [2.75, 3.05) is 31.1 Å². The van der Waals surface area contributed by atoms with Crippen molar-refractivity contribution >= 4 is 17.7 Å². The number of amides is 1. The van der Waals surface area contributed by atoms with E-state index in [1.807, 2.05) is 16.7 Å². The largest absolute Gasteiger partial charge is 0.335 e. The van der Waals surface area contributed by atoms with E-state index in [1.54, 1.807) is 4.57 Å². The Morgan fingerprint density at radius 1 is 1.20 bits per heavy atom. The van der Waals surface area contributed by atoms with Gasteiger partial charge in [0, 0.05) is 30.8 Å². The second-order valence-electron chi connectivity index (χ2n) is 7.15. The highest BCUT2D eigenvalue weighted by Gasteiger charge is 2.34. The lowest BCUT2D eigenvalue weighted by Crippen LogP contribution is -2.47. The molecule has 138 valence electrons. The normalized spacial score (nSPS) is 25.6. The van der Waals surface area contributed by atoms with E-state index in [4.69, 9.17) is 0 Å². The maximum atomic E-state index is 12.9. The highest BCUT2D eigenvalue weighted by atomic mass is 32.2. The van der Waals surface area contributed by atoms with Crippen LogP contribution in [-0.2, 0) is 17.9 Å². The first-order chi connectivity index (χ1) is 12.1. The summed E-state index contributed by atoms with van der Waals surface area (Å²) in [5.41, 5.74) is 0.718. The van der Waals surface area contributed by atoms with E-state index in [0.717, 1.165) is 31.6 Å². The predicted octanol–water partition coefficient (Wildman–Crippen LogP) is 2.38. The van der Waals surface area contributed by atoms with Crippen molar-refractivity contribution in [2.24, 2.45) is 5.92 Å². The molecule has 0 bridgehead atoms. The Bertz CT molecular complexity index is 624. The van der Waals surface area contributed by atoms with Gasteiger partial charge in [-0.25, -0.2) is 13.8 Å². The molecule has 0 aliphatic carbocycles. The fourth-order valence-electron chi connectivity index (χ4n) is 4.25. The highest BCUT2D eigenvalue weighted by molar-refractivity contribution is 7.99. The smallest absolute Gasteiger partial charge is 0.295 e. The quantitative estimate of drug-likeness (QED) is 0.819. The second-order valence-corrected chi connectivity index (χ2v) is 8.30. The van der Waals surface area contributed by atoms with Crippen LogP contribution in [0.2, 0.25) is 0 Å². The van der Waals surface area contributed by atoms with Gasteiger partial charge in [-0.05, 0) is 38.1 Å². The van der Waals surface area contributed by atoms with Crippen molar-refractivity contribution in [1.29, 1.82) is 0 Å². The molecule has 0 aromatic carbocycles. The van der Waals surface area contributed by atoms with Gasteiger partial charge in [0.05, 0.1) is 18.4 Å². The molecule has 1 unspecified atom stereocenters. The number of aromatic nitrogens is 2. The minimum atomic E-state index is -2.56. The molecule has 4 heterocycles. The first-order valence-electron chi connectivity index (χ1n) is 9.06. The summed E-state index contributed by atoms with van der Waals surface area (Å²) in [6, 6.07) is 0.693. The molecule has 1 atom stereocenters. The fraction of sp³-hybridized carbons (Fsp3) is 0.765. The first kappa shape index (κ1) is 17.3. The summed E-state index contributed by atoms with van der Waals surface area (Å²) in [6.45, 7) is 3.32. The number of rotatable bonds is 3. The molecule has 25 heavy (non-hydrogen) atoms. The van der Waals surface area contributed by atoms with Crippen LogP contribution in [0.3, 0.4) is 0 Å². The van der Waals surface area contributed by atoms with Crippen LogP contribution in [-0.4, -0.2) is 62.4 Å². The number of fused-ring (bicyclic) bond motifs is 1. The molecule has 1 aromatic rings. The summed E-state index contributed by atoms with van der Waals surface area (Å²) in [5.74, 6) is 2.57. The Hall–Kier alpha value is -1.15. The zero-order chi connectivity index (χ0) is 17.4. The van der Waals surface area contributed by atoms with Crippen LogP contribution in [0.1, 0.15) is 37.2 Å². The van der Waals surface area contributed by atoms with Crippen molar-refractivity contribution in [3.63, 3.8) is 0 Å². The monoisotopic (exact) mass is 370 g/mol. The summed E-state index contributed by atoms with van der Waals surface area (Å²) in [4.78, 5) is 21.1. The minimum absolute atomic E-state index is 0.0781. The van der Waals surface area contributed by atoms with Crippen LogP contribution in [0, 0.1) is 5.92 Å². The van der Waals surface area contributed by atoms with E-state index in [9.17, 15) is 13.6 Å². The number of thioether (sulfide) groups is 1. The van der Waals surface area contributed by atoms with Crippen LogP contribution in [0.15, 0.2) is 6.20 Å². The molecular formula is C17H24F2N4OS. The molecule has 0 saturated carbocycles. The lowest BCUT2D eigenvalue weighted by molar-refractivity contribution is -0.138.